The zero-order valence-electron chi connectivity index (χ0n) is 10.7. The summed E-state index contributed by atoms with van der Waals surface area (Å²) in [6.07, 6.45) is 5.27. The first-order valence-corrected chi connectivity index (χ1v) is 7.10. The van der Waals surface area contributed by atoms with Crippen molar-refractivity contribution in [2.45, 2.75) is 38.6 Å². The summed E-state index contributed by atoms with van der Waals surface area (Å²) < 4.78 is 0. The number of nitrogens with zero attached hydrogens (tertiary/aromatic N) is 2. The van der Waals surface area contributed by atoms with Crippen molar-refractivity contribution in [1.29, 1.82) is 0 Å². The maximum Gasteiger partial charge on any atom is 0.139 e. The van der Waals surface area contributed by atoms with Crippen molar-refractivity contribution in [1.82, 2.24) is 4.98 Å². The molecule has 2 aliphatic rings. The molecule has 0 atom stereocenters. The first-order valence-electron chi connectivity index (χ1n) is 6.69. The molecule has 0 bridgehead atoms. The summed E-state index contributed by atoms with van der Waals surface area (Å²) in [4.78, 5) is 7.60. The number of hydrogen-bond acceptors (Lipinski definition) is 3. The summed E-state index contributed by atoms with van der Waals surface area (Å²) >= 11 is 5.16. The number of rotatable bonds is 5. The molecule has 3 rings (SSSR count). The van der Waals surface area contributed by atoms with Crippen molar-refractivity contribution in [3.63, 3.8) is 0 Å². The van der Waals surface area contributed by atoms with Gasteiger partial charge in [-0.05, 0) is 50.7 Å². The van der Waals surface area contributed by atoms with Gasteiger partial charge in [-0.15, -0.1) is 0 Å². The number of nitrogens with two attached hydrogens (primary N) is 1. The van der Waals surface area contributed by atoms with E-state index in [1.54, 1.807) is 0 Å². The van der Waals surface area contributed by atoms with Crippen LogP contribution in [0.4, 0.5) is 5.82 Å². The predicted octanol–water partition coefficient (Wildman–Crippen LogP) is 2.40. The third-order valence-corrected chi connectivity index (χ3v) is 3.91. The number of thiocarbonyl (C=S) groups is 1. The lowest BCUT2D eigenvalue weighted by atomic mass is 10.2. The van der Waals surface area contributed by atoms with Crippen LogP contribution in [-0.2, 0) is 0 Å². The largest absolute Gasteiger partial charge is 0.389 e. The summed E-state index contributed by atoms with van der Waals surface area (Å²) in [5.74, 6) is 1.86. The molecular weight excluding hydrogens is 242 g/mol. The Kier molecular flexibility index (Phi) is 2.98. The summed E-state index contributed by atoms with van der Waals surface area (Å²) in [5.41, 5.74) is 7.80. The second-order valence-electron chi connectivity index (χ2n) is 5.51. The summed E-state index contributed by atoms with van der Waals surface area (Å²) in [6, 6.07) is 4.66. The average Bonchev–Trinajstić information content (AvgIpc) is 3.18. The van der Waals surface area contributed by atoms with E-state index in [1.807, 2.05) is 19.1 Å². The molecule has 1 aromatic rings. The van der Waals surface area contributed by atoms with Crippen LogP contribution in [0.3, 0.4) is 0 Å². The van der Waals surface area contributed by atoms with Crippen LogP contribution < -0.4 is 10.6 Å². The van der Waals surface area contributed by atoms with Gasteiger partial charge in [0.1, 0.15) is 10.8 Å². The molecule has 0 aromatic carbocycles. The molecule has 2 N–H and O–H groups in total. The normalized spacial score (nSPS) is 18.7. The van der Waals surface area contributed by atoms with E-state index in [9.17, 15) is 0 Å². The van der Waals surface area contributed by atoms with E-state index in [4.69, 9.17) is 22.9 Å². The second kappa shape index (κ2) is 4.50. The van der Waals surface area contributed by atoms with E-state index < -0.39 is 0 Å². The maximum atomic E-state index is 5.83. The molecular formula is C14H19N3S. The number of aryl methyl sites for hydroxylation is 1. The van der Waals surface area contributed by atoms with Crippen molar-refractivity contribution < 1.29 is 0 Å². The quantitative estimate of drug-likeness (QED) is 0.827. The van der Waals surface area contributed by atoms with Gasteiger partial charge in [-0.3, -0.25) is 0 Å². The lowest BCUT2D eigenvalue weighted by molar-refractivity contribution is 0.707. The molecule has 0 saturated heterocycles. The fourth-order valence-electron chi connectivity index (χ4n) is 2.33. The van der Waals surface area contributed by atoms with E-state index in [0.29, 0.717) is 11.0 Å². The minimum atomic E-state index is 0.457. The highest BCUT2D eigenvalue weighted by molar-refractivity contribution is 7.80. The smallest absolute Gasteiger partial charge is 0.139 e. The van der Waals surface area contributed by atoms with Crippen LogP contribution in [-0.4, -0.2) is 22.6 Å². The van der Waals surface area contributed by atoms with Gasteiger partial charge in [-0.2, -0.15) is 0 Å². The highest BCUT2D eigenvalue weighted by Gasteiger charge is 2.35. The fourth-order valence-corrected chi connectivity index (χ4v) is 2.49. The Hall–Kier alpha value is -1.16. The number of anilines is 1. The third-order valence-electron chi connectivity index (χ3n) is 3.69. The molecule has 0 radical (unpaired) electrons. The van der Waals surface area contributed by atoms with E-state index >= 15 is 0 Å². The van der Waals surface area contributed by atoms with Crippen LogP contribution in [0.25, 0.3) is 0 Å². The van der Waals surface area contributed by atoms with Crippen molar-refractivity contribution in [2.75, 3.05) is 11.4 Å². The molecule has 0 spiro atoms. The van der Waals surface area contributed by atoms with Crippen molar-refractivity contribution in [3.05, 3.63) is 23.4 Å². The third kappa shape index (κ3) is 2.48. The van der Waals surface area contributed by atoms with Crippen LogP contribution in [0.15, 0.2) is 12.1 Å². The molecule has 18 heavy (non-hydrogen) atoms. The highest BCUT2D eigenvalue weighted by atomic mass is 32.1. The number of pyridine rings is 1. The van der Waals surface area contributed by atoms with E-state index in [2.05, 4.69) is 4.90 Å². The van der Waals surface area contributed by atoms with E-state index in [-0.39, 0.29) is 0 Å². The Balaban J connectivity index is 1.95. The van der Waals surface area contributed by atoms with Gasteiger partial charge in [-0.25, -0.2) is 4.98 Å². The van der Waals surface area contributed by atoms with Crippen molar-refractivity contribution in [2.24, 2.45) is 11.7 Å². The van der Waals surface area contributed by atoms with Gasteiger partial charge in [0.15, 0.2) is 0 Å². The minimum absolute atomic E-state index is 0.457. The van der Waals surface area contributed by atoms with Crippen LogP contribution >= 0.6 is 12.2 Å². The van der Waals surface area contributed by atoms with Gasteiger partial charge in [0, 0.05) is 18.3 Å². The Morgan fingerprint density at radius 2 is 2.11 bits per heavy atom. The maximum absolute atomic E-state index is 5.83. The lowest BCUT2D eigenvalue weighted by Crippen LogP contribution is -2.31. The molecule has 1 heterocycles. The Morgan fingerprint density at radius 1 is 1.39 bits per heavy atom. The standard InChI is InChI=1S/C14H19N3S/c1-9-2-7-12(13(15)18)14(16-9)17(11-5-6-11)8-10-3-4-10/h2,7,10-11H,3-6,8H2,1H3,(H2,15,18). The number of hydrogen-bond donors (Lipinski definition) is 1. The Labute approximate surface area is 113 Å². The molecule has 1 aromatic heterocycles. The van der Waals surface area contributed by atoms with Gasteiger partial charge in [0.05, 0.1) is 5.56 Å². The van der Waals surface area contributed by atoms with Gasteiger partial charge in [0.25, 0.3) is 0 Å². The van der Waals surface area contributed by atoms with Gasteiger partial charge in [-0.1, -0.05) is 12.2 Å². The van der Waals surface area contributed by atoms with Crippen LogP contribution in [0.5, 0.6) is 0 Å². The van der Waals surface area contributed by atoms with Gasteiger partial charge in [0.2, 0.25) is 0 Å². The molecule has 2 saturated carbocycles. The molecule has 96 valence electrons. The monoisotopic (exact) mass is 261 g/mol. The second-order valence-corrected chi connectivity index (χ2v) is 5.95. The minimum Gasteiger partial charge on any atom is -0.389 e. The summed E-state index contributed by atoms with van der Waals surface area (Å²) in [6.45, 7) is 3.14. The van der Waals surface area contributed by atoms with Crippen molar-refractivity contribution in [3.8, 4) is 0 Å². The van der Waals surface area contributed by atoms with E-state index in [0.717, 1.165) is 29.5 Å². The Bertz CT molecular complexity index is 478. The lowest BCUT2D eigenvalue weighted by Gasteiger charge is -2.26. The SMILES string of the molecule is Cc1ccc(C(N)=S)c(N(CC2CC2)C2CC2)n1. The molecule has 0 unspecified atom stereocenters. The van der Waals surface area contributed by atoms with Crippen LogP contribution in [0.2, 0.25) is 0 Å². The highest BCUT2D eigenvalue weighted by Crippen LogP contribution is 2.38. The predicted molar refractivity (Wildman–Crippen MR) is 78.0 cm³/mol. The zero-order valence-corrected chi connectivity index (χ0v) is 11.5. The molecule has 0 amide bonds. The van der Waals surface area contributed by atoms with Crippen LogP contribution in [0.1, 0.15) is 36.9 Å². The first kappa shape index (κ1) is 11.9. The van der Waals surface area contributed by atoms with Gasteiger partial charge < -0.3 is 10.6 Å². The topological polar surface area (TPSA) is 42.1 Å². The van der Waals surface area contributed by atoms with E-state index in [1.165, 1.54) is 25.7 Å². The number of aromatic nitrogens is 1. The summed E-state index contributed by atoms with van der Waals surface area (Å²) in [5, 5.41) is 0. The molecule has 4 heteroatoms. The Morgan fingerprint density at radius 3 is 2.67 bits per heavy atom. The van der Waals surface area contributed by atoms with Crippen LogP contribution in [0, 0.1) is 12.8 Å². The average molecular weight is 261 g/mol. The fraction of sp³-hybridized carbons (Fsp3) is 0.571. The molecule has 3 nitrogen and oxygen atoms in total. The van der Waals surface area contributed by atoms with Gasteiger partial charge >= 0.3 is 0 Å². The summed E-state index contributed by atoms with van der Waals surface area (Å²) in [7, 11) is 0. The molecule has 2 aliphatic carbocycles. The first-order chi connectivity index (χ1) is 8.65. The molecule has 0 aliphatic heterocycles. The van der Waals surface area contributed by atoms with Crippen molar-refractivity contribution >= 4 is 23.0 Å². The molecule has 2 fully saturated rings. The zero-order chi connectivity index (χ0) is 12.7.